The van der Waals surface area contributed by atoms with Gasteiger partial charge in [0, 0.05) is 11.6 Å². The molecule has 17 heavy (non-hydrogen) atoms. The molecule has 2 atom stereocenters. The van der Waals surface area contributed by atoms with Crippen LogP contribution in [0.1, 0.15) is 38.3 Å². The molecule has 1 aromatic rings. The molecule has 0 bridgehead atoms. The standard InChI is InChI=1S/C13H20FNO2/c1-8(2)3-6-12(17)13(15)10-5-4-9(16)7-11(10)14/h4-5,7-8,12-13,16-17H,3,6,15H2,1-2H3/t12-,13+/m1/s1. The van der Waals surface area contributed by atoms with Gasteiger partial charge in [-0.3, -0.25) is 0 Å². The average Bonchev–Trinajstić information content (AvgIpc) is 2.25. The summed E-state index contributed by atoms with van der Waals surface area (Å²) in [6, 6.07) is 3.03. The Morgan fingerprint density at radius 1 is 1.29 bits per heavy atom. The van der Waals surface area contributed by atoms with Crippen LogP contribution in [0.25, 0.3) is 0 Å². The number of nitrogens with two attached hydrogens (primary N) is 1. The Morgan fingerprint density at radius 3 is 2.47 bits per heavy atom. The van der Waals surface area contributed by atoms with Crippen molar-refractivity contribution in [2.45, 2.75) is 38.8 Å². The first-order chi connectivity index (χ1) is 7.91. The zero-order chi connectivity index (χ0) is 13.0. The van der Waals surface area contributed by atoms with Crippen LogP contribution >= 0.6 is 0 Å². The van der Waals surface area contributed by atoms with Crippen LogP contribution in [0.15, 0.2) is 18.2 Å². The lowest BCUT2D eigenvalue weighted by Crippen LogP contribution is -2.27. The van der Waals surface area contributed by atoms with Crippen LogP contribution in [0, 0.1) is 11.7 Å². The van der Waals surface area contributed by atoms with E-state index < -0.39 is 18.0 Å². The van der Waals surface area contributed by atoms with E-state index >= 15 is 0 Å². The molecule has 0 saturated heterocycles. The molecule has 0 radical (unpaired) electrons. The Bertz CT molecular complexity index is 368. The van der Waals surface area contributed by atoms with E-state index in [4.69, 9.17) is 10.8 Å². The van der Waals surface area contributed by atoms with Crippen LogP contribution in [0.3, 0.4) is 0 Å². The van der Waals surface area contributed by atoms with E-state index in [1.807, 2.05) is 0 Å². The summed E-state index contributed by atoms with van der Waals surface area (Å²) >= 11 is 0. The van der Waals surface area contributed by atoms with E-state index in [0.717, 1.165) is 12.5 Å². The maximum atomic E-state index is 13.5. The van der Waals surface area contributed by atoms with E-state index in [1.165, 1.54) is 12.1 Å². The van der Waals surface area contributed by atoms with E-state index in [2.05, 4.69) is 13.8 Å². The number of hydrogen-bond donors (Lipinski definition) is 3. The van der Waals surface area contributed by atoms with Crippen molar-refractivity contribution in [1.82, 2.24) is 0 Å². The monoisotopic (exact) mass is 241 g/mol. The molecule has 96 valence electrons. The smallest absolute Gasteiger partial charge is 0.131 e. The Labute approximate surface area is 101 Å². The molecule has 3 nitrogen and oxygen atoms in total. The fraction of sp³-hybridized carbons (Fsp3) is 0.538. The molecular weight excluding hydrogens is 221 g/mol. The molecule has 0 aliphatic heterocycles. The Balaban J connectivity index is 2.71. The molecule has 0 aliphatic carbocycles. The second-order valence-corrected chi connectivity index (χ2v) is 4.77. The molecule has 0 saturated carbocycles. The number of phenols is 1. The number of aliphatic hydroxyl groups excluding tert-OH is 1. The molecule has 0 aliphatic rings. The van der Waals surface area contributed by atoms with Crippen molar-refractivity contribution in [2.24, 2.45) is 11.7 Å². The summed E-state index contributed by atoms with van der Waals surface area (Å²) in [5, 5.41) is 19.0. The first-order valence-corrected chi connectivity index (χ1v) is 5.84. The van der Waals surface area contributed by atoms with Crippen molar-refractivity contribution in [1.29, 1.82) is 0 Å². The lowest BCUT2D eigenvalue weighted by molar-refractivity contribution is 0.127. The van der Waals surface area contributed by atoms with Crippen LogP contribution < -0.4 is 5.73 Å². The van der Waals surface area contributed by atoms with E-state index in [9.17, 15) is 9.50 Å². The summed E-state index contributed by atoms with van der Waals surface area (Å²) in [4.78, 5) is 0. The maximum Gasteiger partial charge on any atom is 0.131 e. The van der Waals surface area contributed by atoms with E-state index in [-0.39, 0.29) is 11.3 Å². The first-order valence-electron chi connectivity index (χ1n) is 5.84. The van der Waals surface area contributed by atoms with Crippen molar-refractivity contribution in [3.05, 3.63) is 29.6 Å². The van der Waals surface area contributed by atoms with Crippen LogP contribution in [-0.4, -0.2) is 16.3 Å². The van der Waals surface area contributed by atoms with Gasteiger partial charge in [0.2, 0.25) is 0 Å². The molecule has 0 fully saturated rings. The Morgan fingerprint density at radius 2 is 1.94 bits per heavy atom. The zero-order valence-electron chi connectivity index (χ0n) is 10.2. The molecule has 0 spiro atoms. The first kappa shape index (κ1) is 13.9. The summed E-state index contributed by atoms with van der Waals surface area (Å²) in [5.41, 5.74) is 6.04. The average molecular weight is 241 g/mol. The van der Waals surface area contributed by atoms with Gasteiger partial charge in [0.25, 0.3) is 0 Å². The van der Waals surface area contributed by atoms with Crippen LogP contribution in [-0.2, 0) is 0 Å². The number of halogens is 1. The van der Waals surface area contributed by atoms with Gasteiger partial charge >= 0.3 is 0 Å². The largest absolute Gasteiger partial charge is 0.508 e. The molecule has 0 unspecified atom stereocenters. The van der Waals surface area contributed by atoms with Crippen molar-refractivity contribution < 1.29 is 14.6 Å². The Kier molecular flexibility index (Phi) is 4.90. The van der Waals surface area contributed by atoms with Gasteiger partial charge in [0.1, 0.15) is 11.6 Å². The van der Waals surface area contributed by atoms with Crippen molar-refractivity contribution in [2.75, 3.05) is 0 Å². The summed E-state index contributed by atoms with van der Waals surface area (Å²) in [6.07, 6.45) is 0.615. The molecule has 0 amide bonds. The van der Waals surface area contributed by atoms with Gasteiger partial charge in [-0.1, -0.05) is 19.9 Å². The van der Waals surface area contributed by atoms with Crippen molar-refractivity contribution in [3.63, 3.8) is 0 Å². The number of hydrogen-bond acceptors (Lipinski definition) is 3. The van der Waals surface area contributed by atoms with E-state index in [0.29, 0.717) is 12.3 Å². The number of benzene rings is 1. The van der Waals surface area contributed by atoms with Gasteiger partial charge < -0.3 is 15.9 Å². The van der Waals surface area contributed by atoms with Crippen LogP contribution in [0.5, 0.6) is 5.75 Å². The number of aliphatic hydroxyl groups is 1. The predicted octanol–water partition coefficient (Wildman–Crippen LogP) is 2.33. The van der Waals surface area contributed by atoms with Crippen molar-refractivity contribution >= 4 is 0 Å². The van der Waals surface area contributed by atoms with Gasteiger partial charge in [0.15, 0.2) is 0 Å². The number of rotatable bonds is 5. The fourth-order valence-corrected chi connectivity index (χ4v) is 1.68. The van der Waals surface area contributed by atoms with Crippen LogP contribution in [0.2, 0.25) is 0 Å². The molecule has 1 rings (SSSR count). The number of phenolic OH excluding ortho intramolecular Hbond substituents is 1. The van der Waals surface area contributed by atoms with Gasteiger partial charge in [-0.15, -0.1) is 0 Å². The van der Waals surface area contributed by atoms with E-state index in [1.54, 1.807) is 0 Å². The molecule has 0 heterocycles. The molecule has 0 aromatic heterocycles. The third kappa shape index (κ3) is 3.98. The van der Waals surface area contributed by atoms with Crippen LogP contribution in [0.4, 0.5) is 4.39 Å². The third-order valence-electron chi connectivity index (χ3n) is 2.80. The highest BCUT2D eigenvalue weighted by Gasteiger charge is 2.20. The van der Waals surface area contributed by atoms with Gasteiger partial charge in [-0.05, 0) is 24.8 Å². The van der Waals surface area contributed by atoms with Crippen molar-refractivity contribution in [3.8, 4) is 5.75 Å². The highest BCUT2D eigenvalue weighted by molar-refractivity contribution is 5.30. The van der Waals surface area contributed by atoms with Gasteiger partial charge in [-0.25, -0.2) is 4.39 Å². The molecule has 1 aromatic carbocycles. The van der Waals surface area contributed by atoms with Gasteiger partial charge in [0.05, 0.1) is 12.1 Å². The highest BCUT2D eigenvalue weighted by atomic mass is 19.1. The minimum Gasteiger partial charge on any atom is -0.508 e. The fourth-order valence-electron chi connectivity index (χ4n) is 1.68. The quantitative estimate of drug-likeness (QED) is 0.741. The molecule has 4 heteroatoms. The second-order valence-electron chi connectivity index (χ2n) is 4.77. The minimum absolute atomic E-state index is 0.143. The zero-order valence-corrected chi connectivity index (χ0v) is 10.2. The molecule has 4 N–H and O–H groups in total. The van der Waals surface area contributed by atoms with Gasteiger partial charge in [-0.2, -0.15) is 0 Å². The SMILES string of the molecule is CC(C)CC[C@@H](O)[C@@H](N)c1ccc(O)cc1F. The third-order valence-corrected chi connectivity index (χ3v) is 2.80. The summed E-state index contributed by atoms with van der Waals surface area (Å²) in [5.74, 6) is -0.252. The molecular formula is C13H20FNO2. The maximum absolute atomic E-state index is 13.5. The minimum atomic E-state index is -0.767. The Hall–Kier alpha value is -1.13. The lowest BCUT2D eigenvalue weighted by Gasteiger charge is -2.20. The highest BCUT2D eigenvalue weighted by Crippen LogP contribution is 2.24. The lowest BCUT2D eigenvalue weighted by atomic mass is 9.95. The number of aromatic hydroxyl groups is 1. The topological polar surface area (TPSA) is 66.5 Å². The summed E-state index contributed by atoms with van der Waals surface area (Å²) < 4.78 is 13.5. The summed E-state index contributed by atoms with van der Waals surface area (Å²) in [6.45, 7) is 4.11. The predicted molar refractivity (Wildman–Crippen MR) is 65.1 cm³/mol. The normalized spacial score (nSPS) is 14.9. The summed E-state index contributed by atoms with van der Waals surface area (Å²) in [7, 11) is 0. The second kappa shape index (κ2) is 5.98.